The van der Waals surface area contributed by atoms with Gasteiger partial charge >= 0.3 is 0 Å². The van der Waals surface area contributed by atoms with Crippen molar-refractivity contribution < 1.29 is 4.79 Å². The van der Waals surface area contributed by atoms with Crippen LogP contribution in [0.1, 0.15) is 20.4 Å². The number of benzene rings is 2. The number of hydrogen-bond acceptors (Lipinski definition) is 4. The zero-order valence-corrected chi connectivity index (χ0v) is 15.7. The lowest BCUT2D eigenvalue weighted by Crippen LogP contribution is -2.22. The van der Waals surface area contributed by atoms with E-state index in [4.69, 9.17) is 0 Å². The molecule has 6 heteroatoms. The smallest absolute Gasteiger partial charge is 0.265 e. The first-order chi connectivity index (χ1) is 13.0. The molecule has 27 heavy (non-hydrogen) atoms. The number of carbonyl (C=O) groups excluding carboxylic acids is 1. The zero-order valence-electron chi connectivity index (χ0n) is 14.9. The minimum Gasteiger partial charge on any atom is -0.321 e. The highest BCUT2D eigenvalue weighted by atomic mass is 32.1. The summed E-state index contributed by atoms with van der Waals surface area (Å²) in [6, 6.07) is 18.2. The van der Waals surface area contributed by atoms with E-state index in [1.54, 1.807) is 34.9 Å². The third kappa shape index (κ3) is 3.27. The Balaban J connectivity index is 1.66. The molecule has 2 heterocycles. The van der Waals surface area contributed by atoms with Gasteiger partial charge in [-0.05, 0) is 62.4 Å². The number of thiophene rings is 1. The number of anilines is 1. The molecular formula is C21H17N3O2S. The van der Waals surface area contributed by atoms with Gasteiger partial charge in [0.2, 0.25) is 0 Å². The van der Waals surface area contributed by atoms with Crippen molar-refractivity contribution in [3.05, 3.63) is 86.6 Å². The van der Waals surface area contributed by atoms with Crippen molar-refractivity contribution in [1.29, 1.82) is 0 Å². The number of aromatic nitrogens is 2. The predicted octanol–water partition coefficient (Wildman–Crippen LogP) is 4.32. The lowest BCUT2D eigenvalue weighted by molar-refractivity contribution is 0.103. The van der Waals surface area contributed by atoms with Gasteiger partial charge in [0.25, 0.3) is 11.5 Å². The molecule has 5 nitrogen and oxygen atoms in total. The Morgan fingerprint density at radius 1 is 1.00 bits per heavy atom. The van der Waals surface area contributed by atoms with Gasteiger partial charge in [-0.1, -0.05) is 12.1 Å². The number of amides is 1. The van der Waals surface area contributed by atoms with E-state index in [2.05, 4.69) is 10.3 Å². The van der Waals surface area contributed by atoms with Crippen LogP contribution in [0.3, 0.4) is 0 Å². The van der Waals surface area contributed by atoms with Crippen LogP contribution in [0.2, 0.25) is 0 Å². The van der Waals surface area contributed by atoms with Crippen molar-refractivity contribution >= 4 is 33.8 Å². The van der Waals surface area contributed by atoms with Crippen molar-refractivity contribution in [1.82, 2.24) is 9.55 Å². The number of aryl methyl sites for hydroxylation is 2. The number of para-hydroxylation sites is 1. The molecular weight excluding hydrogens is 358 g/mol. The molecule has 134 valence electrons. The summed E-state index contributed by atoms with van der Waals surface area (Å²) >= 11 is 1.45. The fourth-order valence-electron chi connectivity index (χ4n) is 2.99. The first kappa shape index (κ1) is 17.2. The minimum atomic E-state index is -0.137. The normalized spacial score (nSPS) is 10.9. The van der Waals surface area contributed by atoms with Gasteiger partial charge in [0, 0.05) is 10.6 Å². The summed E-state index contributed by atoms with van der Waals surface area (Å²) in [5.41, 5.74) is 1.96. The predicted molar refractivity (Wildman–Crippen MR) is 109 cm³/mol. The Morgan fingerprint density at radius 3 is 2.44 bits per heavy atom. The molecule has 1 N–H and O–H groups in total. The molecule has 2 aromatic heterocycles. The summed E-state index contributed by atoms with van der Waals surface area (Å²) in [6.45, 7) is 3.77. The van der Waals surface area contributed by atoms with Crippen LogP contribution >= 0.6 is 11.3 Å². The standard InChI is InChI=1S/C21H17N3O2S/c1-13-7-12-19(27-13)20(25)23-15-8-10-16(11-9-15)24-14(2)22-18-6-4-3-5-17(18)21(24)26/h3-12H,1-2H3,(H,23,25). The molecule has 2 aromatic carbocycles. The molecule has 0 bridgehead atoms. The number of hydrogen-bond donors (Lipinski definition) is 1. The van der Waals surface area contributed by atoms with E-state index in [0.29, 0.717) is 33.0 Å². The van der Waals surface area contributed by atoms with E-state index in [-0.39, 0.29) is 11.5 Å². The van der Waals surface area contributed by atoms with E-state index in [1.807, 2.05) is 44.2 Å². The van der Waals surface area contributed by atoms with Gasteiger partial charge in [-0.15, -0.1) is 11.3 Å². The Bertz CT molecular complexity index is 1210. The summed E-state index contributed by atoms with van der Waals surface area (Å²) < 4.78 is 1.58. The number of carbonyl (C=O) groups is 1. The summed E-state index contributed by atoms with van der Waals surface area (Å²) in [5.74, 6) is 0.478. The van der Waals surface area contributed by atoms with Crippen molar-refractivity contribution in [2.45, 2.75) is 13.8 Å². The van der Waals surface area contributed by atoms with E-state index in [9.17, 15) is 9.59 Å². The van der Waals surface area contributed by atoms with Gasteiger partial charge in [-0.3, -0.25) is 14.2 Å². The van der Waals surface area contributed by atoms with Crippen LogP contribution in [0.15, 0.2) is 65.5 Å². The summed E-state index contributed by atoms with van der Waals surface area (Å²) in [6.07, 6.45) is 0. The molecule has 0 saturated heterocycles. The highest BCUT2D eigenvalue weighted by Gasteiger charge is 2.11. The van der Waals surface area contributed by atoms with Crippen LogP contribution in [-0.2, 0) is 0 Å². The monoisotopic (exact) mass is 375 g/mol. The molecule has 0 unspecified atom stereocenters. The molecule has 0 fully saturated rings. The van der Waals surface area contributed by atoms with Crippen molar-refractivity contribution in [3.63, 3.8) is 0 Å². The van der Waals surface area contributed by atoms with Gasteiger partial charge in [0.1, 0.15) is 5.82 Å². The molecule has 0 atom stereocenters. The quantitative estimate of drug-likeness (QED) is 0.580. The van der Waals surface area contributed by atoms with E-state index in [0.717, 1.165) is 4.88 Å². The minimum absolute atomic E-state index is 0.107. The topological polar surface area (TPSA) is 64.0 Å². The summed E-state index contributed by atoms with van der Waals surface area (Å²) in [4.78, 5) is 31.4. The van der Waals surface area contributed by atoms with Crippen LogP contribution in [0.5, 0.6) is 0 Å². The van der Waals surface area contributed by atoms with Gasteiger partial charge in [-0.25, -0.2) is 4.98 Å². The highest BCUT2D eigenvalue weighted by Crippen LogP contribution is 2.19. The van der Waals surface area contributed by atoms with Crippen LogP contribution in [0, 0.1) is 13.8 Å². The van der Waals surface area contributed by atoms with Crippen molar-refractivity contribution in [3.8, 4) is 5.69 Å². The van der Waals surface area contributed by atoms with Crippen LogP contribution in [0.25, 0.3) is 16.6 Å². The molecule has 0 spiro atoms. The number of fused-ring (bicyclic) bond motifs is 1. The molecule has 0 saturated carbocycles. The van der Waals surface area contributed by atoms with Crippen LogP contribution in [-0.4, -0.2) is 15.5 Å². The lowest BCUT2D eigenvalue weighted by atomic mass is 10.2. The van der Waals surface area contributed by atoms with E-state index >= 15 is 0 Å². The third-order valence-corrected chi connectivity index (χ3v) is 5.29. The number of nitrogens with zero attached hydrogens (tertiary/aromatic N) is 2. The maximum absolute atomic E-state index is 12.9. The Morgan fingerprint density at radius 2 is 1.74 bits per heavy atom. The zero-order chi connectivity index (χ0) is 19.0. The van der Waals surface area contributed by atoms with Crippen molar-refractivity contribution in [2.24, 2.45) is 0 Å². The number of rotatable bonds is 3. The SMILES string of the molecule is Cc1ccc(C(=O)Nc2ccc(-n3c(C)nc4ccccc4c3=O)cc2)s1. The molecule has 0 aliphatic heterocycles. The van der Waals surface area contributed by atoms with Crippen LogP contribution < -0.4 is 10.9 Å². The van der Waals surface area contributed by atoms with Gasteiger partial charge in [-0.2, -0.15) is 0 Å². The fourth-order valence-corrected chi connectivity index (χ4v) is 3.75. The van der Waals surface area contributed by atoms with Gasteiger partial charge < -0.3 is 5.32 Å². The first-order valence-electron chi connectivity index (χ1n) is 8.49. The lowest BCUT2D eigenvalue weighted by Gasteiger charge is -2.11. The van der Waals surface area contributed by atoms with E-state index < -0.39 is 0 Å². The number of nitrogens with one attached hydrogen (secondary N) is 1. The molecule has 0 radical (unpaired) electrons. The average molecular weight is 375 g/mol. The molecule has 1 amide bonds. The highest BCUT2D eigenvalue weighted by molar-refractivity contribution is 7.14. The maximum atomic E-state index is 12.9. The summed E-state index contributed by atoms with van der Waals surface area (Å²) in [7, 11) is 0. The second-order valence-electron chi connectivity index (χ2n) is 6.23. The molecule has 0 aliphatic rings. The average Bonchev–Trinajstić information content (AvgIpc) is 3.10. The van der Waals surface area contributed by atoms with Gasteiger partial charge in [0.05, 0.1) is 21.5 Å². The largest absolute Gasteiger partial charge is 0.321 e. The van der Waals surface area contributed by atoms with Crippen LogP contribution in [0.4, 0.5) is 5.69 Å². The molecule has 4 aromatic rings. The Labute approximate surface area is 159 Å². The van der Waals surface area contributed by atoms with E-state index in [1.165, 1.54) is 11.3 Å². The molecule has 0 aliphatic carbocycles. The second kappa shape index (κ2) is 6.81. The Kier molecular flexibility index (Phi) is 4.33. The second-order valence-corrected chi connectivity index (χ2v) is 7.52. The molecule has 4 rings (SSSR count). The Hall–Kier alpha value is -3.25. The maximum Gasteiger partial charge on any atom is 0.265 e. The van der Waals surface area contributed by atoms with Gasteiger partial charge in [0.15, 0.2) is 0 Å². The fraction of sp³-hybridized carbons (Fsp3) is 0.0952. The van der Waals surface area contributed by atoms with Crippen molar-refractivity contribution in [2.75, 3.05) is 5.32 Å². The third-order valence-electron chi connectivity index (χ3n) is 4.29. The first-order valence-corrected chi connectivity index (χ1v) is 9.31. The summed E-state index contributed by atoms with van der Waals surface area (Å²) in [5, 5.41) is 3.45.